The minimum absolute atomic E-state index is 0.0312. The average molecular weight is 381 g/mol. The minimum Gasteiger partial charge on any atom is -0.345 e. The van der Waals surface area contributed by atoms with Gasteiger partial charge in [0.2, 0.25) is 5.91 Å². The minimum atomic E-state index is -0.786. The first-order valence-corrected chi connectivity index (χ1v) is 8.69. The molecular formula is C19H19N5O4. The maximum absolute atomic E-state index is 12.5. The van der Waals surface area contributed by atoms with Gasteiger partial charge < -0.3 is 10.2 Å². The molecule has 9 nitrogen and oxygen atoms in total. The van der Waals surface area contributed by atoms with Crippen molar-refractivity contribution in [1.82, 2.24) is 14.0 Å². The highest BCUT2D eigenvalue weighted by molar-refractivity contribution is 5.95. The summed E-state index contributed by atoms with van der Waals surface area (Å²) in [6.45, 7) is -0.502. The molecule has 1 N–H and O–H groups in total. The predicted octanol–water partition coefficient (Wildman–Crippen LogP) is 0.557. The molecule has 0 atom stereocenters. The van der Waals surface area contributed by atoms with E-state index in [1.54, 1.807) is 44.4 Å². The Hall–Kier alpha value is -3.67. The lowest BCUT2D eigenvalue weighted by Crippen LogP contribution is -2.43. The second-order valence-corrected chi connectivity index (χ2v) is 6.79. The molecule has 0 aliphatic heterocycles. The van der Waals surface area contributed by atoms with Crippen molar-refractivity contribution in [2.45, 2.75) is 25.4 Å². The third-order valence-corrected chi connectivity index (χ3v) is 4.38. The monoisotopic (exact) mass is 381 g/mol. The third kappa shape index (κ3) is 3.86. The van der Waals surface area contributed by atoms with Gasteiger partial charge >= 0.3 is 5.69 Å². The van der Waals surface area contributed by atoms with Crippen molar-refractivity contribution < 1.29 is 9.59 Å². The Bertz CT molecular complexity index is 1090. The molecule has 144 valence electrons. The molecule has 1 aliphatic carbocycles. The average Bonchev–Trinajstić information content (AvgIpc) is 3.50. The van der Waals surface area contributed by atoms with Gasteiger partial charge in [-0.15, -0.1) is 0 Å². The van der Waals surface area contributed by atoms with Gasteiger partial charge in [0, 0.05) is 37.6 Å². The van der Waals surface area contributed by atoms with Gasteiger partial charge in [-0.05, 0) is 37.1 Å². The maximum atomic E-state index is 12.5. The highest BCUT2D eigenvalue weighted by atomic mass is 16.2. The van der Waals surface area contributed by atoms with Gasteiger partial charge in [0.15, 0.2) is 0 Å². The molecule has 0 bridgehead atoms. The molecule has 0 radical (unpaired) electrons. The number of nitriles is 1. The zero-order valence-corrected chi connectivity index (χ0v) is 15.5. The summed E-state index contributed by atoms with van der Waals surface area (Å²) in [6.07, 6.45) is 2.86. The van der Waals surface area contributed by atoms with Crippen LogP contribution in [0.5, 0.6) is 0 Å². The number of amides is 2. The zero-order valence-electron chi connectivity index (χ0n) is 15.5. The summed E-state index contributed by atoms with van der Waals surface area (Å²) in [5.74, 6) is -0.748. The second kappa shape index (κ2) is 7.52. The smallest absolute Gasteiger partial charge is 0.331 e. The lowest BCUT2D eigenvalue weighted by molar-refractivity contribution is -0.116. The largest absolute Gasteiger partial charge is 0.345 e. The number of aromatic nitrogens is 2. The molecule has 3 rings (SSSR count). The maximum Gasteiger partial charge on any atom is 0.331 e. The van der Waals surface area contributed by atoms with Crippen LogP contribution in [0.2, 0.25) is 0 Å². The molecule has 0 spiro atoms. The number of rotatable bonds is 5. The summed E-state index contributed by atoms with van der Waals surface area (Å²) in [6, 6.07) is 8.00. The van der Waals surface area contributed by atoms with E-state index >= 15 is 0 Å². The zero-order chi connectivity index (χ0) is 20.4. The molecule has 1 aromatic heterocycles. The molecule has 2 amide bonds. The van der Waals surface area contributed by atoms with Crippen molar-refractivity contribution in [3.8, 4) is 6.07 Å². The van der Waals surface area contributed by atoms with E-state index < -0.39 is 23.7 Å². The number of hydrogen-bond donors (Lipinski definition) is 1. The topological polar surface area (TPSA) is 117 Å². The molecule has 2 aromatic rings. The van der Waals surface area contributed by atoms with Gasteiger partial charge in [0.25, 0.3) is 11.5 Å². The van der Waals surface area contributed by atoms with Crippen LogP contribution in [-0.4, -0.2) is 39.9 Å². The quantitative estimate of drug-likeness (QED) is 0.812. The highest BCUT2D eigenvalue weighted by Gasteiger charge is 2.27. The van der Waals surface area contributed by atoms with Crippen LogP contribution in [0.3, 0.4) is 0 Å². The van der Waals surface area contributed by atoms with E-state index in [4.69, 9.17) is 5.26 Å². The molecule has 1 fully saturated rings. The fourth-order valence-corrected chi connectivity index (χ4v) is 2.75. The van der Waals surface area contributed by atoms with E-state index in [9.17, 15) is 19.2 Å². The molecule has 1 aromatic carbocycles. The molecular weight excluding hydrogens is 362 g/mol. The number of carbonyl (C=O) groups is 2. The molecule has 1 aliphatic rings. The van der Waals surface area contributed by atoms with Crippen molar-refractivity contribution in [2.24, 2.45) is 0 Å². The number of nitrogens with zero attached hydrogens (tertiary/aromatic N) is 4. The first-order chi connectivity index (χ1) is 13.3. The van der Waals surface area contributed by atoms with E-state index in [1.165, 1.54) is 15.7 Å². The van der Waals surface area contributed by atoms with Gasteiger partial charge in [0.05, 0.1) is 0 Å². The van der Waals surface area contributed by atoms with Gasteiger partial charge in [0.1, 0.15) is 18.2 Å². The van der Waals surface area contributed by atoms with Gasteiger partial charge in [-0.3, -0.25) is 19.0 Å². The highest BCUT2D eigenvalue weighted by Crippen LogP contribution is 2.33. The van der Waals surface area contributed by atoms with Gasteiger partial charge in [-0.1, -0.05) is 0 Å². The van der Waals surface area contributed by atoms with Crippen LogP contribution < -0.4 is 16.6 Å². The molecule has 9 heteroatoms. The fourth-order valence-electron chi connectivity index (χ4n) is 2.75. The predicted molar refractivity (Wildman–Crippen MR) is 101 cm³/mol. The SMILES string of the molecule is CN(C)C(=O)c1ccc(NC(=O)Cn2c(=O)c(C#N)cn(C3CC3)c2=O)cc1. The van der Waals surface area contributed by atoms with Crippen molar-refractivity contribution in [1.29, 1.82) is 5.26 Å². The van der Waals surface area contributed by atoms with Gasteiger partial charge in [-0.25, -0.2) is 9.36 Å². The summed E-state index contributed by atoms with van der Waals surface area (Å²) in [5.41, 5.74) is -0.675. The van der Waals surface area contributed by atoms with E-state index in [0.29, 0.717) is 11.3 Å². The van der Waals surface area contributed by atoms with Crippen molar-refractivity contribution >= 4 is 17.5 Å². The molecule has 1 heterocycles. The van der Waals surface area contributed by atoms with Crippen LogP contribution in [0.15, 0.2) is 40.1 Å². The summed E-state index contributed by atoms with van der Waals surface area (Å²) >= 11 is 0. The number of hydrogen-bond acceptors (Lipinski definition) is 5. The Morgan fingerprint density at radius 3 is 2.39 bits per heavy atom. The fraction of sp³-hybridized carbons (Fsp3) is 0.316. The van der Waals surface area contributed by atoms with Crippen molar-refractivity contribution in [2.75, 3.05) is 19.4 Å². The summed E-state index contributed by atoms with van der Waals surface area (Å²) in [5, 5.41) is 11.7. The second-order valence-electron chi connectivity index (χ2n) is 6.79. The van der Waals surface area contributed by atoms with E-state index in [-0.39, 0.29) is 17.5 Å². The Balaban J connectivity index is 1.79. The van der Waals surface area contributed by atoms with E-state index in [0.717, 1.165) is 17.4 Å². The van der Waals surface area contributed by atoms with Crippen LogP contribution in [0.4, 0.5) is 5.69 Å². The number of carbonyl (C=O) groups excluding carboxylic acids is 2. The first kappa shape index (κ1) is 19.1. The third-order valence-electron chi connectivity index (χ3n) is 4.38. The van der Waals surface area contributed by atoms with Crippen LogP contribution in [0.1, 0.15) is 34.8 Å². The van der Waals surface area contributed by atoms with E-state index in [2.05, 4.69) is 5.32 Å². The lowest BCUT2D eigenvalue weighted by atomic mass is 10.2. The Morgan fingerprint density at radius 2 is 1.86 bits per heavy atom. The summed E-state index contributed by atoms with van der Waals surface area (Å²) in [4.78, 5) is 50.5. The molecule has 0 saturated heterocycles. The van der Waals surface area contributed by atoms with Gasteiger partial charge in [-0.2, -0.15) is 5.26 Å². The summed E-state index contributed by atoms with van der Waals surface area (Å²) < 4.78 is 2.12. The molecule has 1 saturated carbocycles. The first-order valence-electron chi connectivity index (χ1n) is 8.69. The van der Waals surface area contributed by atoms with E-state index in [1.807, 2.05) is 0 Å². The summed E-state index contributed by atoms with van der Waals surface area (Å²) in [7, 11) is 3.28. The van der Waals surface area contributed by atoms with Crippen molar-refractivity contribution in [3.05, 3.63) is 62.4 Å². The molecule has 28 heavy (non-hydrogen) atoms. The Kier molecular flexibility index (Phi) is 5.13. The molecule has 0 unspecified atom stereocenters. The lowest BCUT2D eigenvalue weighted by Gasteiger charge is -2.12. The number of nitrogens with one attached hydrogen (secondary N) is 1. The van der Waals surface area contributed by atoms with Crippen LogP contribution >= 0.6 is 0 Å². The number of benzene rings is 1. The standard InChI is InChI=1S/C19H19N5O4/c1-22(2)17(26)12-3-5-14(6-4-12)21-16(25)11-24-18(27)13(9-20)10-23(19(24)28)15-7-8-15/h3-6,10,15H,7-8,11H2,1-2H3,(H,21,25). The van der Waals surface area contributed by atoms with Crippen LogP contribution in [0, 0.1) is 11.3 Å². The van der Waals surface area contributed by atoms with Crippen molar-refractivity contribution in [3.63, 3.8) is 0 Å². The van der Waals surface area contributed by atoms with Crippen LogP contribution in [-0.2, 0) is 11.3 Å². The normalized spacial score (nSPS) is 12.9. The Morgan fingerprint density at radius 1 is 1.21 bits per heavy atom. The Labute approximate surface area is 160 Å². The van der Waals surface area contributed by atoms with Crippen LogP contribution in [0.25, 0.3) is 0 Å². The number of anilines is 1.